The lowest BCUT2D eigenvalue weighted by molar-refractivity contribution is -0.130. The van der Waals surface area contributed by atoms with Gasteiger partial charge < -0.3 is 15.5 Å². The minimum absolute atomic E-state index is 0.0552. The molecule has 1 aromatic rings. The van der Waals surface area contributed by atoms with E-state index in [2.05, 4.69) is 10.6 Å². The van der Waals surface area contributed by atoms with Crippen molar-refractivity contribution in [1.82, 2.24) is 15.5 Å². The number of hydrogen-bond donors (Lipinski definition) is 2. The summed E-state index contributed by atoms with van der Waals surface area (Å²) < 4.78 is 0. The predicted molar refractivity (Wildman–Crippen MR) is 78.2 cm³/mol. The normalized spacial score (nSPS) is 15.0. The quantitative estimate of drug-likeness (QED) is 0.879. The van der Waals surface area contributed by atoms with Crippen LogP contribution in [-0.2, 0) is 4.79 Å². The number of nitrogens with one attached hydrogen (secondary N) is 2. The van der Waals surface area contributed by atoms with E-state index in [0.717, 1.165) is 13.1 Å². The molecule has 0 atom stereocenters. The third-order valence-corrected chi connectivity index (χ3v) is 3.69. The Morgan fingerprint density at radius 3 is 2.40 bits per heavy atom. The van der Waals surface area contributed by atoms with Gasteiger partial charge >= 0.3 is 0 Å². The third kappa shape index (κ3) is 3.62. The second-order valence-corrected chi connectivity index (χ2v) is 5.22. The Bertz CT molecular complexity index is 496. The number of carbonyl (C=O) groups excluding carboxylic acids is 2. The summed E-state index contributed by atoms with van der Waals surface area (Å²) in [5.41, 5.74) is 0.198. The number of piperazine rings is 1. The number of halogens is 2. The van der Waals surface area contributed by atoms with Crippen molar-refractivity contribution in [3.63, 3.8) is 0 Å². The second kappa shape index (κ2) is 6.92. The van der Waals surface area contributed by atoms with E-state index in [0.29, 0.717) is 13.1 Å². The van der Waals surface area contributed by atoms with Crippen molar-refractivity contribution < 1.29 is 9.59 Å². The Morgan fingerprint density at radius 1 is 1.20 bits per heavy atom. The average Bonchev–Trinajstić information content (AvgIpc) is 2.45. The lowest BCUT2D eigenvalue weighted by Gasteiger charge is -2.27. The summed E-state index contributed by atoms with van der Waals surface area (Å²) in [5, 5.41) is 6.25. The summed E-state index contributed by atoms with van der Waals surface area (Å²) in [6, 6.07) is 4.83. The Kier molecular flexibility index (Phi) is 5.23. The molecule has 5 nitrogen and oxygen atoms in total. The van der Waals surface area contributed by atoms with E-state index in [1.165, 1.54) is 0 Å². The molecule has 2 N–H and O–H groups in total. The number of rotatable bonds is 3. The van der Waals surface area contributed by atoms with Crippen LogP contribution in [0.15, 0.2) is 18.2 Å². The van der Waals surface area contributed by atoms with Gasteiger partial charge in [-0.2, -0.15) is 0 Å². The molecular weight excluding hydrogens is 301 g/mol. The van der Waals surface area contributed by atoms with Crippen LogP contribution in [0, 0.1) is 0 Å². The smallest absolute Gasteiger partial charge is 0.254 e. The zero-order valence-corrected chi connectivity index (χ0v) is 12.3. The van der Waals surface area contributed by atoms with E-state index < -0.39 is 5.91 Å². The molecule has 1 aromatic carbocycles. The van der Waals surface area contributed by atoms with Gasteiger partial charge in [-0.3, -0.25) is 9.59 Å². The monoisotopic (exact) mass is 315 g/mol. The molecule has 0 unspecified atom stereocenters. The summed E-state index contributed by atoms with van der Waals surface area (Å²) >= 11 is 11.9. The zero-order valence-electron chi connectivity index (χ0n) is 10.8. The van der Waals surface area contributed by atoms with E-state index in [4.69, 9.17) is 23.2 Å². The Morgan fingerprint density at radius 2 is 1.80 bits per heavy atom. The number of nitrogens with zero attached hydrogens (tertiary/aromatic N) is 1. The van der Waals surface area contributed by atoms with Crippen LogP contribution < -0.4 is 10.6 Å². The number of hydrogen-bond acceptors (Lipinski definition) is 3. The van der Waals surface area contributed by atoms with Gasteiger partial charge in [-0.15, -0.1) is 0 Å². The van der Waals surface area contributed by atoms with Crippen LogP contribution >= 0.6 is 23.2 Å². The average molecular weight is 316 g/mol. The van der Waals surface area contributed by atoms with Crippen LogP contribution in [0.2, 0.25) is 10.0 Å². The fourth-order valence-corrected chi connectivity index (χ4v) is 2.55. The van der Waals surface area contributed by atoms with Crippen LogP contribution in [0.5, 0.6) is 0 Å². The molecule has 0 saturated carbocycles. The lowest BCUT2D eigenvalue weighted by Crippen LogP contribution is -2.49. The van der Waals surface area contributed by atoms with Crippen molar-refractivity contribution in [3.05, 3.63) is 33.8 Å². The van der Waals surface area contributed by atoms with Gasteiger partial charge in [-0.25, -0.2) is 0 Å². The number of amides is 2. The number of carbonyl (C=O) groups is 2. The van der Waals surface area contributed by atoms with E-state index in [1.54, 1.807) is 23.1 Å². The van der Waals surface area contributed by atoms with Crippen molar-refractivity contribution in [3.8, 4) is 0 Å². The highest BCUT2D eigenvalue weighted by molar-refractivity contribution is 6.39. The van der Waals surface area contributed by atoms with E-state index in [-0.39, 0.29) is 28.1 Å². The van der Waals surface area contributed by atoms with Gasteiger partial charge in [-0.1, -0.05) is 29.3 Å². The van der Waals surface area contributed by atoms with Crippen LogP contribution in [0.25, 0.3) is 0 Å². The predicted octanol–water partition coefficient (Wildman–Crippen LogP) is 1.15. The lowest BCUT2D eigenvalue weighted by atomic mass is 10.2. The molecule has 2 rings (SSSR count). The van der Waals surface area contributed by atoms with Gasteiger partial charge in [0.15, 0.2) is 0 Å². The summed E-state index contributed by atoms with van der Waals surface area (Å²) in [6.45, 7) is 2.80. The molecule has 0 bridgehead atoms. The first-order chi connectivity index (χ1) is 9.59. The SMILES string of the molecule is O=C(NCC(=O)N1CCNCC1)c1c(Cl)cccc1Cl. The fourth-order valence-electron chi connectivity index (χ4n) is 1.99. The standard InChI is InChI=1S/C13H15Cl2N3O2/c14-9-2-1-3-10(15)12(9)13(20)17-8-11(19)18-6-4-16-5-7-18/h1-3,16H,4-8H2,(H,17,20). The Balaban J connectivity index is 1.93. The van der Waals surface area contributed by atoms with Gasteiger partial charge in [0.25, 0.3) is 5.91 Å². The highest BCUT2D eigenvalue weighted by atomic mass is 35.5. The molecule has 1 fully saturated rings. The molecule has 20 heavy (non-hydrogen) atoms. The minimum atomic E-state index is -0.441. The molecule has 1 aliphatic rings. The van der Waals surface area contributed by atoms with Crippen molar-refractivity contribution in [1.29, 1.82) is 0 Å². The van der Waals surface area contributed by atoms with Gasteiger partial charge in [-0.05, 0) is 12.1 Å². The van der Waals surface area contributed by atoms with Crippen molar-refractivity contribution in [2.24, 2.45) is 0 Å². The molecular formula is C13H15Cl2N3O2. The Labute approximate surface area is 127 Å². The maximum Gasteiger partial charge on any atom is 0.254 e. The van der Waals surface area contributed by atoms with Crippen LogP contribution in [0.4, 0.5) is 0 Å². The maximum atomic E-state index is 12.0. The van der Waals surface area contributed by atoms with Gasteiger partial charge in [0.2, 0.25) is 5.91 Å². The highest BCUT2D eigenvalue weighted by Gasteiger charge is 2.19. The molecule has 0 radical (unpaired) electrons. The number of benzene rings is 1. The first kappa shape index (κ1) is 15.1. The van der Waals surface area contributed by atoms with E-state index in [1.807, 2.05) is 0 Å². The maximum absolute atomic E-state index is 12.0. The van der Waals surface area contributed by atoms with Crippen LogP contribution in [0.3, 0.4) is 0 Å². The Hall–Kier alpha value is -1.30. The largest absolute Gasteiger partial charge is 0.343 e. The van der Waals surface area contributed by atoms with Gasteiger partial charge in [0.1, 0.15) is 0 Å². The minimum Gasteiger partial charge on any atom is -0.343 e. The van der Waals surface area contributed by atoms with Crippen LogP contribution in [-0.4, -0.2) is 49.4 Å². The highest BCUT2D eigenvalue weighted by Crippen LogP contribution is 2.23. The van der Waals surface area contributed by atoms with Crippen molar-refractivity contribution in [2.75, 3.05) is 32.7 Å². The van der Waals surface area contributed by atoms with Crippen molar-refractivity contribution >= 4 is 35.0 Å². The third-order valence-electron chi connectivity index (χ3n) is 3.06. The molecule has 1 saturated heterocycles. The molecule has 108 valence electrons. The summed E-state index contributed by atoms with van der Waals surface area (Å²) in [6.07, 6.45) is 0. The first-order valence-electron chi connectivity index (χ1n) is 6.30. The van der Waals surface area contributed by atoms with Crippen molar-refractivity contribution in [2.45, 2.75) is 0 Å². The van der Waals surface area contributed by atoms with E-state index >= 15 is 0 Å². The molecule has 0 spiro atoms. The molecule has 0 aromatic heterocycles. The van der Waals surface area contributed by atoms with E-state index in [9.17, 15) is 9.59 Å². The summed E-state index contributed by atoms with van der Waals surface area (Å²) in [5.74, 6) is -0.549. The topological polar surface area (TPSA) is 61.4 Å². The van der Waals surface area contributed by atoms with Gasteiger partial charge in [0.05, 0.1) is 22.2 Å². The molecule has 2 amide bonds. The zero-order chi connectivity index (χ0) is 14.5. The first-order valence-corrected chi connectivity index (χ1v) is 7.06. The molecule has 1 heterocycles. The molecule has 0 aliphatic carbocycles. The summed E-state index contributed by atoms with van der Waals surface area (Å²) in [4.78, 5) is 25.6. The molecule has 1 aliphatic heterocycles. The van der Waals surface area contributed by atoms with Gasteiger partial charge in [0, 0.05) is 26.2 Å². The second-order valence-electron chi connectivity index (χ2n) is 4.41. The fraction of sp³-hybridized carbons (Fsp3) is 0.385. The summed E-state index contributed by atoms with van der Waals surface area (Å²) in [7, 11) is 0. The molecule has 7 heteroatoms. The van der Waals surface area contributed by atoms with Crippen LogP contribution in [0.1, 0.15) is 10.4 Å².